The summed E-state index contributed by atoms with van der Waals surface area (Å²) in [5.41, 5.74) is 0.825. The molecule has 0 radical (unpaired) electrons. The molecular formula is C15H22BrNO2. The van der Waals surface area contributed by atoms with Gasteiger partial charge in [-0.2, -0.15) is 0 Å². The standard InChI is InChI=1S/C15H22BrNO2/c1-15(2,3)19-14(18)17-11-13(10-16)9-12-7-5-4-6-8-12/h4-8,13H,9-11H2,1-3H3,(H,17,18). The molecule has 0 aromatic heterocycles. The van der Waals surface area contributed by atoms with E-state index in [-0.39, 0.29) is 6.09 Å². The zero-order valence-electron chi connectivity index (χ0n) is 11.8. The molecule has 0 aliphatic carbocycles. The van der Waals surface area contributed by atoms with Crippen LogP contribution in [0.25, 0.3) is 0 Å². The minimum atomic E-state index is -0.451. The van der Waals surface area contributed by atoms with E-state index < -0.39 is 5.60 Å². The first-order valence-electron chi connectivity index (χ1n) is 6.47. The monoisotopic (exact) mass is 327 g/mol. The molecule has 0 bridgehead atoms. The Morgan fingerprint density at radius 2 is 1.95 bits per heavy atom. The van der Waals surface area contributed by atoms with Crippen LogP contribution < -0.4 is 5.32 Å². The maximum absolute atomic E-state index is 11.6. The van der Waals surface area contributed by atoms with Crippen molar-refractivity contribution < 1.29 is 9.53 Å². The molecule has 0 aliphatic heterocycles. The predicted octanol–water partition coefficient (Wildman–Crippen LogP) is 3.76. The van der Waals surface area contributed by atoms with Crippen molar-refractivity contribution in [2.75, 3.05) is 11.9 Å². The van der Waals surface area contributed by atoms with Crippen molar-refractivity contribution in [1.29, 1.82) is 0 Å². The molecule has 4 heteroatoms. The first kappa shape index (κ1) is 16.0. The fourth-order valence-electron chi connectivity index (χ4n) is 1.67. The number of halogens is 1. The Labute approximate surface area is 123 Å². The van der Waals surface area contributed by atoms with E-state index in [0.29, 0.717) is 12.5 Å². The van der Waals surface area contributed by atoms with Gasteiger partial charge in [-0.25, -0.2) is 4.79 Å². The zero-order valence-corrected chi connectivity index (χ0v) is 13.4. The summed E-state index contributed by atoms with van der Waals surface area (Å²) in [5.74, 6) is 0.356. The van der Waals surface area contributed by atoms with Gasteiger partial charge in [0.05, 0.1) is 0 Å². The Morgan fingerprint density at radius 3 is 2.47 bits per heavy atom. The van der Waals surface area contributed by atoms with Crippen LogP contribution in [0.5, 0.6) is 0 Å². The number of amides is 1. The number of hydrogen-bond donors (Lipinski definition) is 1. The third-order valence-corrected chi connectivity index (χ3v) is 3.44. The molecule has 1 aromatic rings. The number of carbonyl (C=O) groups excluding carboxylic acids is 1. The second-order valence-corrected chi connectivity index (χ2v) is 6.24. The van der Waals surface area contributed by atoms with Crippen LogP contribution in [0.15, 0.2) is 30.3 Å². The van der Waals surface area contributed by atoms with Crippen molar-refractivity contribution in [3.63, 3.8) is 0 Å². The molecule has 0 fully saturated rings. The number of ether oxygens (including phenoxy) is 1. The van der Waals surface area contributed by atoms with E-state index >= 15 is 0 Å². The molecule has 1 atom stereocenters. The SMILES string of the molecule is CC(C)(C)OC(=O)NCC(CBr)Cc1ccccc1. The van der Waals surface area contributed by atoms with Crippen molar-refractivity contribution in [3.05, 3.63) is 35.9 Å². The molecule has 3 nitrogen and oxygen atoms in total. The molecule has 0 aliphatic rings. The Balaban J connectivity index is 2.39. The van der Waals surface area contributed by atoms with Gasteiger partial charge < -0.3 is 10.1 Å². The van der Waals surface area contributed by atoms with Crippen LogP contribution >= 0.6 is 15.9 Å². The Kier molecular flexibility index (Phi) is 6.35. The lowest BCUT2D eigenvalue weighted by atomic mass is 10.0. The molecule has 0 saturated carbocycles. The summed E-state index contributed by atoms with van der Waals surface area (Å²) in [5, 5.41) is 3.66. The molecule has 1 amide bonds. The highest BCUT2D eigenvalue weighted by molar-refractivity contribution is 9.09. The number of hydrogen-bond acceptors (Lipinski definition) is 2. The maximum atomic E-state index is 11.6. The van der Waals surface area contributed by atoms with Gasteiger partial charge in [0.25, 0.3) is 0 Å². The van der Waals surface area contributed by atoms with Crippen LogP contribution in [-0.4, -0.2) is 23.6 Å². The second-order valence-electron chi connectivity index (χ2n) is 5.59. The number of alkyl halides is 1. The van der Waals surface area contributed by atoms with Crippen molar-refractivity contribution >= 4 is 22.0 Å². The summed E-state index contributed by atoms with van der Waals surface area (Å²) in [7, 11) is 0. The molecule has 1 rings (SSSR count). The first-order valence-corrected chi connectivity index (χ1v) is 7.59. The van der Waals surface area contributed by atoms with Gasteiger partial charge in [0.15, 0.2) is 0 Å². The second kappa shape index (κ2) is 7.53. The van der Waals surface area contributed by atoms with Gasteiger partial charge in [-0.05, 0) is 38.7 Å². The van der Waals surface area contributed by atoms with Crippen molar-refractivity contribution in [2.24, 2.45) is 5.92 Å². The van der Waals surface area contributed by atoms with Gasteiger partial charge in [-0.1, -0.05) is 46.3 Å². The minimum Gasteiger partial charge on any atom is -0.444 e. The first-order chi connectivity index (χ1) is 8.90. The van der Waals surface area contributed by atoms with Gasteiger partial charge in [0.2, 0.25) is 0 Å². The van der Waals surface area contributed by atoms with Gasteiger partial charge >= 0.3 is 6.09 Å². The Bertz CT molecular complexity index is 387. The molecule has 0 spiro atoms. The average molecular weight is 328 g/mol. The smallest absolute Gasteiger partial charge is 0.407 e. The van der Waals surface area contributed by atoms with Crippen LogP contribution in [0.1, 0.15) is 26.3 Å². The largest absolute Gasteiger partial charge is 0.444 e. The predicted molar refractivity (Wildman–Crippen MR) is 81.7 cm³/mol. The summed E-state index contributed by atoms with van der Waals surface area (Å²) in [6.07, 6.45) is 0.577. The van der Waals surface area contributed by atoms with Crippen LogP contribution in [0, 0.1) is 5.92 Å². The van der Waals surface area contributed by atoms with Crippen LogP contribution in [-0.2, 0) is 11.2 Å². The zero-order chi connectivity index (χ0) is 14.3. The van der Waals surface area contributed by atoms with Crippen LogP contribution in [0.4, 0.5) is 4.79 Å². The normalized spacial score (nSPS) is 12.8. The summed E-state index contributed by atoms with van der Waals surface area (Å²) in [6, 6.07) is 10.3. The Hall–Kier alpha value is -1.03. The minimum absolute atomic E-state index is 0.355. The summed E-state index contributed by atoms with van der Waals surface area (Å²) < 4.78 is 5.22. The van der Waals surface area contributed by atoms with E-state index in [1.54, 1.807) is 0 Å². The highest BCUT2D eigenvalue weighted by atomic mass is 79.9. The molecule has 19 heavy (non-hydrogen) atoms. The molecule has 1 unspecified atom stereocenters. The van der Waals surface area contributed by atoms with Crippen LogP contribution in [0.3, 0.4) is 0 Å². The van der Waals surface area contributed by atoms with Gasteiger partial charge in [-0.15, -0.1) is 0 Å². The number of carbonyl (C=O) groups is 1. The van der Waals surface area contributed by atoms with Crippen molar-refractivity contribution in [1.82, 2.24) is 5.32 Å². The summed E-state index contributed by atoms with van der Waals surface area (Å²) >= 11 is 3.49. The number of rotatable bonds is 5. The van der Waals surface area contributed by atoms with Crippen molar-refractivity contribution in [3.8, 4) is 0 Å². The third-order valence-electron chi connectivity index (χ3n) is 2.52. The van der Waals surface area contributed by atoms with Gasteiger partial charge in [-0.3, -0.25) is 0 Å². The summed E-state index contributed by atoms with van der Waals surface area (Å²) in [6.45, 7) is 6.19. The average Bonchev–Trinajstić information content (AvgIpc) is 2.33. The lowest BCUT2D eigenvalue weighted by molar-refractivity contribution is 0.0521. The lowest BCUT2D eigenvalue weighted by Crippen LogP contribution is -2.36. The molecule has 1 N–H and O–H groups in total. The van der Waals surface area contributed by atoms with E-state index in [0.717, 1.165) is 11.8 Å². The lowest BCUT2D eigenvalue weighted by Gasteiger charge is -2.21. The number of benzene rings is 1. The molecule has 1 aromatic carbocycles. The highest BCUT2D eigenvalue weighted by Gasteiger charge is 2.17. The van der Waals surface area contributed by atoms with E-state index in [2.05, 4.69) is 33.4 Å². The summed E-state index contributed by atoms with van der Waals surface area (Å²) in [4.78, 5) is 11.6. The fraction of sp³-hybridized carbons (Fsp3) is 0.533. The fourth-order valence-corrected chi connectivity index (χ4v) is 2.13. The van der Waals surface area contributed by atoms with Crippen LogP contribution in [0.2, 0.25) is 0 Å². The van der Waals surface area contributed by atoms with Gasteiger partial charge in [0, 0.05) is 11.9 Å². The number of alkyl carbamates (subject to hydrolysis) is 1. The highest BCUT2D eigenvalue weighted by Crippen LogP contribution is 2.11. The molecule has 106 valence electrons. The molecule has 0 saturated heterocycles. The molecule has 0 heterocycles. The van der Waals surface area contributed by atoms with E-state index in [9.17, 15) is 4.79 Å². The number of nitrogens with one attached hydrogen (secondary N) is 1. The third kappa shape index (κ3) is 7.21. The maximum Gasteiger partial charge on any atom is 0.407 e. The van der Waals surface area contributed by atoms with E-state index in [4.69, 9.17) is 4.74 Å². The van der Waals surface area contributed by atoms with Crippen molar-refractivity contribution in [2.45, 2.75) is 32.8 Å². The molecular weight excluding hydrogens is 306 g/mol. The topological polar surface area (TPSA) is 38.3 Å². The van der Waals surface area contributed by atoms with Gasteiger partial charge in [0.1, 0.15) is 5.60 Å². The van der Waals surface area contributed by atoms with E-state index in [1.165, 1.54) is 5.56 Å². The Morgan fingerprint density at radius 1 is 1.32 bits per heavy atom. The van der Waals surface area contributed by atoms with E-state index in [1.807, 2.05) is 39.0 Å². The quantitative estimate of drug-likeness (QED) is 0.836.